The van der Waals surface area contributed by atoms with Crippen LogP contribution in [0.3, 0.4) is 0 Å². The van der Waals surface area contributed by atoms with Crippen LogP contribution >= 0.6 is 0 Å². The summed E-state index contributed by atoms with van der Waals surface area (Å²) in [6.45, 7) is 5.46. The van der Waals surface area contributed by atoms with Crippen molar-refractivity contribution in [1.82, 2.24) is 4.90 Å². The van der Waals surface area contributed by atoms with Crippen molar-refractivity contribution in [1.29, 1.82) is 0 Å². The van der Waals surface area contributed by atoms with E-state index in [-0.39, 0.29) is 17.8 Å². The van der Waals surface area contributed by atoms with Crippen molar-refractivity contribution in [2.75, 3.05) is 40.5 Å². The van der Waals surface area contributed by atoms with Gasteiger partial charge < -0.3 is 19.1 Å². The van der Waals surface area contributed by atoms with E-state index >= 15 is 0 Å². The molecule has 1 fully saturated rings. The standard InChI is InChI=1S/C17H25NO4/c1-4-18-9-8-13(11-18)16(17(19)21-3)12-22-15-7-5-6-14(10-15)20-2/h5-7,10,13,16H,4,8-9,11-12H2,1-3H3. The van der Waals surface area contributed by atoms with Gasteiger partial charge in [0.25, 0.3) is 0 Å². The van der Waals surface area contributed by atoms with E-state index in [1.165, 1.54) is 7.11 Å². The van der Waals surface area contributed by atoms with Crippen LogP contribution in [0.4, 0.5) is 0 Å². The number of likely N-dealkylation sites (tertiary alicyclic amines) is 1. The van der Waals surface area contributed by atoms with Crippen LogP contribution in [-0.4, -0.2) is 51.3 Å². The molecule has 0 radical (unpaired) electrons. The summed E-state index contributed by atoms with van der Waals surface area (Å²) in [4.78, 5) is 14.4. The summed E-state index contributed by atoms with van der Waals surface area (Å²) in [6, 6.07) is 7.42. The number of carbonyl (C=O) groups is 1. The number of methoxy groups -OCH3 is 2. The van der Waals surface area contributed by atoms with Crippen molar-refractivity contribution in [2.24, 2.45) is 11.8 Å². The normalized spacial score (nSPS) is 19.7. The van der Waals surface area contributed by atoms with Crippen LogP contribution in [0.2, 0.25) is 0 Å². The third-order valence-corrected chi connectivity index (χ3v) is 4.30. The lowest BCUT2D eigenvalue weighted by molar-refractivity contribution is -0.148. The molecular weight excluding hydrogens is 282 g/mol. The van der Waals surface area contributed by atoms with Gasteiger partial charge in [-0.05, 0) is 37.6 Å². The van der Waals surface area contributed by atoms with Crippen LogP contribution in [0.1, 0.15) is 13.3 Å². The van der Waals surface area contributed by atoms with E-state index in [0.29, 0.717) is 12.4 Å². The van der Waals surface area contributed by atoms with Gasteiger partial charge in [0.1, 0.15) is 18.1 Å². The van der Waals surface area contributed by atoms with E-state index in [0.717, 1.165) is 31.8 Å². The Morgan fingerprint density at radius 1 is 1.36 bits per heavy atom. The lowest BCUT2D eigenvalue weighted by Gasteiger charge is -2.22. The second-order valence-electron chi connectivity index (χ2n) is 5.56. The lowest BCUT2D eigenvalue weighted by atomic mass is 9.92. The van der Waals surface area contributed by atoms with Crippen molar-refractivity contribution < 1.29 is 19.0 Å². The number of nitrogens with zero attached hydrogens (tertiary/aromatic N) is 1. The topological polar surface area (TPSA) is 48.0 Å². The first-order chi connectivity index (χ1) is 10.7. The molecule has 0 aliphatic carbocycles. The fourth-order valence-electron chi connectivity index (χ4n) is 2.90. The molecule has 1 aromatic carbocycles. The molecule has 22 heavy (non-hydrogen) atoms. The zero-order chi connectivity index (χ0) is 15.9. The zero-order valence-electron chi connectivity index (χ0n) is 13.6. The van der Waals surface area contributed by atoms with E-state index < -0.39 is 0 Å². The number of benzene rings is 1. The molecular formula is C17H25NO4. The molecule has 1 aliphatic rings. The van der Waals surface area contributed by atoms with Gasteiger partial charge in [0.15, 0.2) is 0 Å². The Balaban J connectivity index is 1.99. The molecule has 0 aromatic heterocycles. The Hall–Kier alpha value is -1.75. The molecule has 0 amide bonds. The monoisotopic (exact) mass is 307 g/mol. The lowest BCUT2D eigenvalue weighted by Crippen LogP contribution is -2.32. The quantitative estimate of drug-likeness (QED) is 0.723. The number of ether oxygens (including phenoxy) is 3. The minimum Gasteiger partial charge on any atom is -0.497 e. The molecule has 1 saturated heterocycles. The maximum atomic E-state index is 12.1. The Morgan fingerprint density at radius 3 is 2.77 bits per heavy atom. The minimum atomic E-state index is -0.229. The molecule has 5 nitrogen and oxygen atoms in total. The Bertz CT molecular complexity index is 491. The average molecular weight is 307 g/mol. The fourth-order valence-corrected chi connectivity index (χ4v) is 2.90. The summed E-state index contributed by atoms with van der Waals surface area (Å²) >= 11 is 0. The summed E-state index contributed by atoms with van der Waals surface area (Å²) in [5.41, 5.74) is 0. The van der Waals surface area contributed by atoms with Crippen molar-refractivity contribution in [3.8, 4) is 11.5 Å². The molecule has 122 valence electrons. The summed E-state index contributed by atoms with van der Waals surface area (Å²) < 4.78 is 16.0. The van der Waals surface area contributed by atoms with Crippen molar-refractivity contribution >= 4 is 5.97 Å². The second kappa shape index (κ2) is 8.03. The Kier molecular flexibility index (Phi) is 6.07. The predicted octanol–water partition coefficient (Wildman–Crippen LogP) is 2.21. The number of esters is 1. The number of carbonyl (C=O) groups excluding carboxylic acids is 1. The molecule has 0 N–H and O–H groups in total. The number of rotatable bonds is 7. The second-order valence-corrected chi connectivity index (χ2v) is 5.56. The molecule has 5 heteroatoms. The third-order valence-electron chi connectivity index (χ3n) is 4.30. The maximum Gasteiger partial charge on any atom is 0.312 e. The fraction of sp³-hybridized carbons (Fsp3) is 0.588. The van der Waals surface area contributed by atoms with Gasteiger partial charge in [0.2, 0.25) is 0 Å². The Morgan fingerprint density at radius 2 is 2.14 bits per heavy atom. The molecule has 0 bridgehead atoms. The van der Waals surface area contributed by atoms with Crippen molar-refractivity contribution in [2.45, 2.75) is 13.3 Å². The van der Waals surface area contributed by atoms with Gasteiger partial charge in [-0.3, -0.25) is 4.79 Å². The van der Waals surface area contributed by atoms with Gasteiger partial charge in [-0.25, -0.2) is 0 Å². The van der Waals surface area contributed by atoms with E-state index in [4.69, 9.17) is 14.2 Å². The summed E-state index contributed by atoms with van der Waals surface area (Å²) in [5.74, 6) is 1.32. The molecule has 1 heterocycles. The van der Waals surface area contributed by atoms with Gasteiger partial charge in [-0.2, -0.15) is 0 Å². The Labute approximate surface area is 132 Å². The summed E-state index contributed by atoms with van der Waals surface area (Å²) in [6.07, 6.45) is 1.01. The van der Waals surface area contributed by atoms with Gasteiger partial charge >= 0.3 is 5.97 Å². The molecule has 0 spiro atoms. The molecule has 2 rings (SSSR count). The molecule has 2 atom stereocenters. The number of hydrogen-bond donors (Lipinski definition) is 0. The molecule has 0 saturated carbocycles. The number of hydrogen-bond acceptors (Lipinski definition) is 5. The van der Waals surface area contributed by atoms with Crippen molar-refractivity contribution in [3.63, 3.8) is 0 Å². The average Bonchev–Trinajstić information content (AvgIpc) is 3.03. The van der Waals surface area contributed by atoms with Crippen molar-refractivity contribution in [3.05, 3.63) is 24.3 Å². The summed E-state index contributed by atoms with van der Waals surface area (Å²) in [7, 11) is 3.06. The first-order valence-electron chi connectivity index (χ1n) is 7.75. The highest BCUT2D eigenvalue weighted by molar-refractivity contribution is 5.73. The van der Waals surface area contributed by atoms with Gasteiger partial charge in [0.05, 0.1) is 20.1 Å². The highest BCUT2D eigenvalue weighted by Crippen LogP contribution is 2.27. The van der Waals surface area contributed by atoms with Gasteiger partial charge in [-0.15, -0.1) is 0 Å². The van der Waals surface area contributed by atoms with Crippen LogP contribution in [0.5, 0.6) is 11.5 Å². The highest BCUT2D eigenvalue weighted by atomic mass is 16.5. The highest BCUT2D eigenvalue weighted by Gasteiger charge is 2.34. The van der Waals surface area contributed by atoms with Crippen LogP contribution < -0.4 is 9.47 Å². The molecule has 1 aromatic rings. The largest absolute Gasteiger partial charge is 0.497 e. The van der Waals surface area contributed by atoms with E-state index in [1.54, 1.807) is 7.11 Å². The van der Waals surface area contributed by atoms with Crippen LogP contribution in [0.25, 0.3) is 0 Å². The van der Waals surface area contributed by atoms with Crippen LogP contribution in [-0.2, 0) is 9.53 Å². The van der Waals surface area contributed by atoms with E-state index in [1.807, 2.05) is 24.3 Å². The SMILES string of the molecule is CCN1CCC(C(COc2cccc(OC)c2)C(=O)OC)C1. The van der Waals surface area contributed by atoms with Crippen LogP contribution in [0.15, 0.2) is 24.3 Å². The van der Waals surface area contributed by atoms with E-state index in [2.05, 4.69) is 11.8 Å². The first-order valence-corrected chi connectivity index (χ1v) is 7.75. The third kappa shape index (κ3) is 4.13. The predicted molar refractivity (Wildman–Crippen MR) is 84.2 cm³/mol. The van der Waals surface area contributed by atoms with E-state index in [9.17, 15) is 4.79 Å². The molecule has 2 unspecified atom stereocenters. The van der Waals surface area contributed by atoms with Gasteiger partial charge in [0, 0.05) is 12.6 Å². The first kappa shape index (κ1) is 16.6. The minimum absolute atomic E-state index is 0.189. The summed E-state index contributed by atoms with van der Waals surface area (Å²) in [5, 5.41) is 0. The molecule has 1 aliphatic heterocycles. The zero-order valence-corrected chi connectivity index (χ0v) is 13.6. The maximum absolute atomic E-state index is 12.1. The smallest absolute Gasteiger partial charge is 0.312 e. The van der Waals surface area contributed by atoms with Gasteiger partial charge in [-0.1, -0.05) is 13.0 Å². The van der Waals surface area contributed by atoms with Crippen LogP contribution in [0, 0.1) is 11.8 Å².